The van der Waals surface area contributed by atoms with Crippen LogP contribution in [0.2, 0.25) is 0 Å². The Kier molecular flexibility index (Phi) is 6.15. The van der Waals surface area contributed by atoms with E-state index in [-0.39, 0.29) is 17.9 Å². The van der Waals surface area contributed by atoms with Gasteiger partial charge < -0.3 is 14.8 Å². The quantitative estimate of drug-likeness (QED) is 0.321. The summed E-state index contributed by atoms with van der Waals surface area (Å²) in [5.74, 6) is -0.269. The Balaban J connectivity index is 1.71. The van der Waals surface area contributed by atoms with Crippen LogP contribution in [-0.2, 0) is 6.42 Å². The van der Waals surface area contributed by atoms with Gasteiger partial charge in [-0.05, 0) is 98.6 Å². The third kappa shape index (κ3) is 4.02. The van der Waals surface area contributed by atoms with Gasteiger partial charge in [0.15, 0.2) is 5.11 Å². The molecule has 1 saturated heterocycles. The number of nitrogens with one attached hydrogen (secondary N) is 1. The van der Waals surface area contributed by atoms with Crippen LogP contribution in [0.5, 0.6) is 0 Å². The maximum absolute atomic E-state index is 13.8. The highest BCUT2D eigenvalue weighted by Crippen LogP contribution is 2.44. The number of anilines is 1. The van der Waals surface area contributed by atoms with E-state index in [2.05, 4.69) is 71.7 Å². The summed E-state index contributed by atoms with van der Waals surface area (Å²) in [5.41, 5.74) is 9.06. The number of nitrogens with zero attached hydrogens (tertiary/aromatic N) is 3. The highest BCUT2D eigenvalue weighted by Gasteiger charge is 2.42. The van der Waals surface area contributed by atoms with Crippen molar-refractivity contribution in [1.82, 2.24) is 14.9 Å². The Morgan fingerprint density at radius 3 is 2.46 bits per heavy atom. The minimum atomic E-state index is -0.269. The first-order valence-corrected chi connectivity index (χ1v) is 12.4. The number of thiocarbonyl (C=S) groups is 1. The predicted octanol–water partition coefficient (Wildman–Crippen LogP) is 6.68. The van der Waals surface area contributed by atoms with E-state index in [9.17, 15) is 4.39 Å². The Labute approximate surface area is 211 Å². The van der Waals surface area contributed by atoms with Gasteiger partial charge in [-0.15, -0.1) is 0 Å². The van der Waals surface area contributed by atoms with Crippen LogP contribution in [0.15, 0.2) is 72.9 Å². The maximum Gasteiger partial charge on any atom is 0.174 e. The molecule has 0 aliphatic carbocycles. The van der Waals surface area contributed by atoms with Crippen LogP contribution in [0.1, 0.15) is 52.8 Å². The zero-order valence-corrected chi connectivity index (χ0v) is 21.2. The summed E-state index contributed by atoms with van der Waals surface area (Å²) in [5, 5.41) is 4.11. The van der Waals surface area contributed by atoms with Gasteiger partial charge in [-0.2, -0.15) is 0 Å². The van der Waals surface area contributed by atoms with Crippen LogP contribution in [0.25, 0.3) is 5.69 Å². The van der Waals surface area contributed by atoms with Crippen molar-refractivity contribution < 1.29 is 4.39 Å². The van der Waals surface area contributed by atoms with Crippen molar-refractivity contribution in [1.29, 1.82) is 0 Å². The topological polar surface area (TPSA) is 33.1 Å². The number of rotatable bonds is 5. The van der Waals surface area contributed by atoms with Crippen molar-refractivity contribution in [3.05, 3.63) is 113 Å². The summed E-state index contributed by atoms with van der Waals surface area (Å²) < 4.78 is 16.1. The lowest BCUT2D eigenvalue weighted by molar-refractivity contribution is 0.565. The molecule has 0 saturated carbocycles. The van der Waals surface area contributed by atoms with Crippen molar-refractivity contribution in [2.75, 3.05) is 4.90 Å². The highest BCUT2D eigenvalue weighted by atomic mass is 32.1. The van der Waals surface area contributed by atoms with Gasteiger partial charge in [-0.1, -0.05) is 31.2 Å². The fourth-order valence-corrected chi connectivity index (χ4v) is 5.65. The molecule has 1 fully saturated rings. The molecule has 4 aromatic rings. The van der Waals surface area contributed by atoms with Crippen LogP contribution in [-0.4, -0.2) is 14.7 Å². The fraction of sp³-hybridized carbons (Fsp3) is 0.241. The molecule has 0 unspecified atom stereocenters. The molecule has 1 N–H and O–H groups in total. The summed E-state index contributed by atoms with van der Waals surface area (Å²) >= 11 is 5.83. The molecule has 3 heterocycles. The second-order valence-electron chi connectivity index (χ2n) is 9.07. The molecule has 1 aliphatic rings. The number of aromatic nitrogens is 2. The number of aryl methyl sites for hydroxylation is 3. The van der Waals surface area contributed by atoms with Crippen molar-refractivity contribution in [2.24, 2.45) is 0 Å². The van der Waals surface area contributed by atoms with Gasteiger partial charge in [-0.25, -0.2) is 4.39 Å². The third-order valence-corrected chi connectivity index (χ3v) is 7.23. The van der Waals surface area contributed by atoms with E-state index in [0.717, 1.165) is 29.2 Å². The van der Waals surface area contributed by atoms with E-state index >= 15 is 0 Å². The van der Waals surface area contributed by atoms with Gasteiger partial charge in [0.25, 0.3) is 0 Å². The van der Waals surface area contributed by atoms with E-state index in [1.807, 2.05) is 24.4 Å². The van der Waals surface area contributed by atoms with E-state index in [0.29, 0.717) is 5.11 Å². The standard InChI is InChI=1S/C29H29FN4S/c1-5-21-10-8-9-18(2)27(21)33-19(3)17-24(20(33)4)28-26(25-11-6-7-16-31-25)32-29(35)34(28)23-14-12-22(30)13-15-23/h6-17,26,28H,5H2,1-4H3,(H,32,35)/t26-,28-/m0/s1. The Bertz CT molecular complexity index is 1380. The van der Waals surface area contributed by atoms with E-state index in [1.165, 1.54) is 34.5 Å². The third-order valence-electron chi connectivity index (χ3n) is 6.92. The van der Waals surface area contributed by atoms with Crippen molar-refractivity contribution >= 4 is 23.0 Å². The number of hydrogen-bond acceptors (Lipinski definition) is 2. The maximum atomic E-state index is 13.8. The largest absolute Gasteiger partial charge is 0.351 e. The first-order valence-electron chi connectivity index (χ1n) is 11.9. The number of pyridine rings is 1. The molecular formula is C29H29FN4S. The minimum Gasteiger partial charge on any atom is -0.351 e. The summed E-state index contributed by atoms with van der Waals surface area (Å²) in [7, 11) is 0. The number of para-hydroxylation sites is 1. The van der Waals surface area contributed by atoms with Crippen LogP contribution in [0.4, 0.5) is 10.1 Å². The van der Waals surface area contributed by atoms with E-state index in [4.69, 9.17) is 12.2 Å². The molecule has 2 atom stereocenters. The molecule has 178 valence electrons. The first-order chi connectivity index (χ1) is 16.9. The van der Waals surface area contributed by atoms with Gasteiger partial charge >= 0.3 is 0 Å². The van der Waals surface area contributed by atoms with Crippen molar-refractivity contribution in [3.8, 4) is 5.69 Å². The molecule has 0 radical (unpaired) electrons. The average Bonchev–Trinajstić information content (AvgIpc) is 3.35. The Morgan fingerprint density at radius 1 is 1.00 bits per heavy atom. The molecule has 2 aromatic carbocycles. The highest BCUT2D eigenvalue weighted by molar-refractivity contribution is 7.80. The molecule has 0 spiro atoms. The predicted molar refractivity (Wildman–Crippen MR) is 144 cm³/mol. The summed E-state index contributed by atoms with van der Waals surface area (Å²) in [6.07, 6.45) is 2.76. The van der Waals surface area contributed by atoms with Crippen molar-refractivity contribution in [2.45, 2.75) is 46.2 Å². The average molecular weight is 485 g/mol. The van der Waals surface area contributed by atoms with Crippen LogP contribution >= 0.6 is 12.2 Å². The second-order valence-corrected chi connectivity index (χ2v) is 9.46. The van der Waals surface area contributed by atoms with Crippen LogP contribution in [0.3, 0.4) is 0 Å². The molecule has 2 aromatic heterocycles. The van der Waals surface area contributed by atoms with Gasteiger partial charge in [0.2, 0.25) is 0 Å². The number of hydrogen-bond donors (Lipinski definition) is 1. The number of benzene rings is 2. The molecule has 5 rings (SSSR count). The smallest absolute Gasteiger partial charge is 0.174 e. The van der Waals surface area contributed by atoms with E-state index in [1.54, 1.807) is 12.1 Å². The van der Waals surface area contributed by atoms with Gasteiger partial charge in [0.1, 0.15) is 5.82 Å². The number of halogens is 1. The van der Waals surface area contributed by atoms with E-state index < -0.39 is 0 Å². The molecule has 6 heteroatoms. The molecule has 35 heavy (non-hydrogen) atoms. The van der Waals surface area contributed by atoms with Gasteiger partial charge in [0.05, 0.1) is 23.5 Å². The lowest BCUT2D eigenvalue weighted by Crippen LogP contribution is -2.29. The minimum absolute atomic E-state index is 0.142. The van der Waals surface area contributed by atoms with Gasteiger partial charge in [0, 0.05) is 23.3 Å². The lowest BCUT2D eigenvalue weighted by Gasteiger charge is -2.28. The summed E-state index contributed by atoms with van der Waals surface area (Å²) in [4.78, 5) is 6.75. The summed E-state index contributed by atoms with van der Waals surface area (Å²) in [6, 6.07) is 20.9. The fourth-order valence-electron chi connectivity index (χ4n) is 5.31. The Hall–Kier alpha value is -3.51. The van der Waals surface area contributed by atoms with Crippen molar-refractivity contribution in [3.63, 3.8) is 0 Å². The normalized spacial score (nSPS) is 17.6. The van der Waals surface area contributed by atoms with Crippen LogP contribution < -0.4 is 10.2 Å². The molecule has 4 nitrogen and oxygen atoms in total. The summed E-state index contributed by atoms with van der Waals surface area (Å²) in [6.45, 7) is 8.69. The first kappa shape index (κ1) is 23.2. The zero-order chi connectivity index (χ0) is 24.7. The SMILES string of the molecule is CCc1cccc(C)c1-n1c(C)cc([C@H]2[C@H](c3ccccn3)NC(=S)N2c2ccc(F)cc2)c1C. The second kappa shape index (κ2) is 9.27. The van der Waals surface area contributed by atoms with Crippen LogP contribution in [0, 0.1) is 26.6 Å². The molecule has 0 amide bonds. The lowest BCUT2D eigenvalue weighted by atomic mass is 9.96. The van der Waals surface area contributed by atoms with Gasteiger partial charge in [-0.3, -0.25) is 4.98 Å². The molecular weight excluding hydrogens is 455 g/mol. The monoisotopic (exact) mass is 484 g/mol. The molecule has 1 aliphatic heterocycles. The zero-order valence-electron chi connectivity index (χ0n) is 20.4. The Morgan fingerprint density at radius 2 is 1.77 bits per heavy atom. The molecule has 0 bridgehead atoms.